The van der Waals surface area contributed by atoms with Crippen LogP contribution in [0, 0.1) is 0 Å². The van der Waals surface area contributed by atoms with Crippen molar-refractivity contribution in [1.29, 1.82) is 0 Å². The lowest BCUT2D eigenvalue weighted by atomic mass is 10.1. The lowest BCUT2D eigenvalue weighted by molar-refractivity contribution is -0.288. The Balaban J connectivity index is 0. The Bertz CT molecular complexity index is 173. The molecule has 0 aliphatic carbocycles. The van der Waals surface area contributed by atoms with E-state index in [1.54, 1.807) is 0 Å². The minimum Gasteiger partial charge on any atom is -0.286 e. The van der Waals surface area contributed by atoms with Crippen LogP contribution in [0.4, 0.5) is 30.7 Å². The highest BCUT2D eigenvalue weighted by molar-refractivity contribution is 5.85. The second-order valence-electron chi connectivity index (χ2n) is 2.20. The van der Waals surface area contributed by atoms with Gasteiger partial charge >= 0.3 is 18.3 Å². The van der Waals surface area contributed by atoms with Gasteiger partial charge in [0, 0.05) is 0 Å². The van der Waals surface area contributed by atoms with E-state index in [0.717, 1.165) is 5.32 Å². The van der Waals surface area contributed by atoms with E-state index in [0.29, 0.717) is 7.05 Å². The van der Waals surface area contributed by atoms with Gasteiger partial charge in [-0.2, -0.15) is 17.6 Å². The molecule has 0 radical (unpaired) electrons. The summed E-state index contributed by atoms with van der Waals surface area (Å²) in [4.78, 5) is 0. The van der Waals surface area contributed by atoms with Crippen molar-refractivity contribution in [2.45, 2.75) is 24.6 Å². The molecular formula is C5H7ClF7N. The van der Waals surface area contributed by atoms with Gasteiger partial charge in [-0.15, -0.1) is 12.4 Å². The normalized spacial score (nSPS) is 15.2. The number of hydrogen-bond donors (Lipinski definition) is 1. The summed E-state index contributed by atoms with van der Waals surface area (Å²) in [5, 5.41) is 1.14. The third kappa shape index (κ3) is 2.63. The molecule has 0 heterocycles. The van der Waals surface area contributed by atoms with Gasteiger partial charge in [-0.1, -0.05) is 0 Å². The average molecular weight is 250 g/mol. The summed E-state index contributed by atoms with van der Waals surface area (Å²) in [6, 6.07) is 0. The van der Waals surface area contributed by atoms with Gasteiger partial charge in [0.1, 0.15) is 0 Å². The molecule has 1 N–H and O–H groups in total. The third-order valence-electron chi connectivity index (χ3n) is 1.29. The van der Waals surface area contributed by atoms with Crippen molar-refractivity contribution in [3.05, 3.63) is 0 Å². The van der Waals surface area contributed by atoms with E-state index in [4.69, 9.17) is 0 Å². The van der Waals surface area contributed by atoms with E-state index in [1.165, 1.54) is 0 Å². The fourth-order valence-electron chi connectivity index (χ4n) is 0.496. The predicted octanol–water partition coefficient (Wildman–Crippen LogP) is 2.46. The van der Waals surface area contributed by atoms with E-state index in [-0.39, 0.29) is 12.4 Å². The standard InChI is InChI=1S/C5H6F7N.ClH/c1-13-3(8)5(11,12)4(9,10)2(6)7;/h2-3,13H,1H3;1H. The first-order chi connectivity index (χ1) is 5.67. The smallest absolute Gasteiger partial charge is 0.286 e. The fourth-order valence-corrected chi connectivity index (χ4v) is 0.496. The highest BCUT2D eigenvalue weighted by Crippen LogP contribution is 2.41. The quantitative estimate of drug-likeness (QED) is 0.596. The molecule has 0 saturated heterocycles. The average Bonchev–Trinajstić information content (AvgIpc) is 2.02. The molecule has 1 nitrogen and oxygen atoms in total. The third-order valence-corrected chi connectivity index (χ3v) is 1.29. The Morgan fingerprint density at radius 2 is 1.29 bits per heavy atom. The molecule has 0 spiro atoms. The Morgan fingerprint density at radius 3 is 1.50 bits per heavy atom. The van der Waals surface area contributed by atoms with Gasteiger partial charge in [0.25, 0.3) is 0 Å². The first kappa shape index (κ1) is 16.2. The molecule has 0 aromatic rings. The van der Waals surface area contributed by atoms with Crippen molar-refractivity contribution in [1.82, 2.24) is 5.32 Å². The number of nitrogens with one attached hydrogen (secondary N) is 1. The van der Waals surface area contributed by atoms with Crippen LogP contribution in [0.3, 0.4) is 0 Å². The molecule has 0 rings (SSSR count). The van der Waals surface area contributed by atoms with E-state index in [1.807, 2.05) is 0 Å². The lowest BCUT2D eigenvalue weighted by Gasteiger charge is -2.27. The van der Waals surface area contributed by atoms with Gasteiger partial charge in [0.15, 0.2) is 0 Å². The molecule has 0 aliphatic rings. The Hall–Kier alpha value is -0.240. The summed E-state index contributed by atoms with van der Waals surface area (Å²) >= 11 is 0. The van der Waals surface area contributed by atoms with Crippen LogP contribution in [0.5, 0.6) is 0 Å². The van der Waals surface area contributed by atoms with Gasteiger partial charge in [0.05, 0.1) is 0 Å². The molecule has 1 unspecified atom stereocenters. The maximum absolute atomic E-state index is 12.2. The Kier molecular flexibility index (Phi) is 5.80. The number of halogens is 8. The highest BCUT2D eigenvalue weighted by atomic mass is 35.5. The molecule has 0 aromatic carbocycles. The van der Waals surface area contributed by atoms with E-state index >= 15 is 0 Å². The summed E-state index contributed by atoms with van der Waals surface area (Å²) in [6.45, 7) is 0. The van der Waals surface area contributed by atoms with Crippen LogP contribution in [-0.2, 0) is 0 Å². The van der Waals surface area contributed by atoms with Gasteiger partial charge in [-0.05, 0) is 7.05 Å². The Labute approximate surface area is 81.1 Å². The maximum atomic E-state index is 12.2. The van der Waals surface area contributed by atoms with E-state index < -0.39 is 24.6 Å². The predicted molar refractivity (Wildman–Crippen MR) is 37.1 cm³/mol. The molecule has 0 fully saturated rings. The second-order valence-corrected chi connectivity index (χ2v) is 2.20. The molecule has 0 aromatic heterocycles. The number of hydrogen-bond acceptors (Lipinski definition) is 1. The maximum Gasteiger partial charge on any atom is 0.373 e. The van der Waals surface area contributed by atoms with E-state index in [9.17, 15) is 30.7 Å². The van der Waals surface area contributed by atoms with Crippen LogP contribution in [0.2, 0.25) is 0 Å². The van der Waals surface area contributed by atoms with Crippen LogP contribution in [0.25, 0.3) is 0 Å². The zero-order valence-electron chi connectivity index (χ0n) is 6.71. The summed E-state index contributed by atoms with van der Waals surface area (Å²) in [7, 11) is 0.611. The van der Waals surface area contributed by atoms with Crippen LogP contribution in [-0.4, -0.2) is 31.6 Å². The van der Waals surface area contributed by atoms with Crippen molar-refractivity contribution in [2.24, 2.45) is 0 Å². The SMILES string of the molecule is CNC(F)C(F)(F)C(F)(F)C(F)F.Cl. The topological polar surface area (TPSA) is 12.0 Å². The molecule has 0 aliphatic heterocycles. The molecule has 0 saturated carbocycles. The molecule has 14 heavy (non-hydrogen) atoms. The van der Waals surface area contributed by atoms with Crippen molar-refractivity contribution >= 4 is 12.4 Å². The van der Waals surface area contributed by atoms with Crippen LogP contribution >= 0.6 is 12.4 Å². The number of rotatable bonds is 4. The zero-order chi connectivity index (χ0) is 10.9. The van der Waals surface area contributed by atoms with Crippen LogP contribution in [0.1, 0.15) is 0 Å². The van der Waals surface area contributed by atoms with Gasteiger partial charge < -0.3 is 0 Å². The van der Waals surface area contributed by atoms with Crippen LogP contribution < -0.4 is 5.32 Å². The summed E-state index contributed by atoms with van der Waals surface area (Å²) in [6.07, 6.45) is -8.13. The van der Waals surface area contributed by atoms with Gasteiger partial charge in [-0.3, -0.25) is 5.32 Å². The monoisotopic (exact) mass is 249 g/mol. The van der Waals surface area contributed by atoms with Gasteiger partial charge in [0.2, 0.25) is 6.30 Å². The minimum absolute atomic E-state index is 0. The van der Waals surface area contributed by atoms with E-state index in [2.05, 4.69) is 0 Å². The van der Waals surface area contributed by atoms with Crippen molar-refractivity contribution in [3.8, 4) is 0 Å². The molecule has 9 heteroatoms. The Morgan fingerprint density at radius 1 is 0.929 bits per heavy atom. The fraction of sp³-hybridized carbons (Fsp3) is 1.00. The molecule has 0 amide bonds. The molecule has 0 bridgehead atoms. The zero-order valence-corrected chi connectivity index (χ0v) is 7.53. The second kappa shape index (κ2) is 5.01. The molecule has 88 valence electrons. The summed E-state index contributed by atoms with van der Waals surface area (Å²) in [5.74, 6) is -11.1. The molecule has 1 atom stereocenters. The minimum atomic E-state index is -5.69. The largest absolute Gasteiger partial charge is 0.373 e. The highest BCUT2D eigenvalue weighted by Gasteiger charge is 2.67. The molecular weight excluding hydrogens is 243 g/mol. The summed E-state index contributed by atoms with van der Waals surface area (Å²) in [5.41, 5.74) is 0. The lowest BCUT2D eigenvalue weighted by Crippen LogP contribution is -2.56. The first-order valence-corrected chi connectivity index (χ1v) is 3.03. The van der Waals surface area contributed by atoms with Crippen molar-refractivity contribution in [2.75, 3.05) is 7.05 Å². The first-order valence-electron chi connectivity index (χ1n) is 3.03. The van der Waals surface area contributed by atoms with Crippen molar-refractivity contribution < 1.29 is 30.7 Å². The van der Waals surface area contributed by atoms with Crippen molar-refractivity contribution in [3.63, 3.8) is 0 Å². The van der Waals surface area contributed by atoms with Crippen LogP contribution in [0.15, 0.2) is 0 Å². The summed E-state index contributed by atoms with van der Waals surface area (Å²) < 4.78 is 83.2. The number of alkyl halides is 7. The van der Waals surface area contributed by atoms with Gasteiger partial charge in [-0.25, -0.2) is 13.2 Å².